The molecule has 0 fully saturated rings. The van der Waals surface area contributed by atoms with E-state index >= 15 is 0 Å². The zero-order valence-corrected chi connectivity index (χ0v) is 16.4. The fourth-order valence-electron chi connectivity index (χ4n) is 2.15. The monoisotopic (exact) mass is 395 g/mol. The number of thioether (sulfide) groups is 1. The number of rotatable bonds is 6. The van der Waals surface area contributed by atoms with Crippen molar-refractivity contribution in [3.63, 3.8) is 0 Å². The number of carbonyl (C=O) groups is 1. The average Bonchev–Trinajstić information content (AvgIpc) is 3.11. The third-order valence-electron chi connectivity index (χ3n) is 3.64. The molecule has 3 rings (SSSR count). The summed E-state index contributed by atoms with van der Waals surface area (Å²) in [5.74, 6) is -0.132. The van der Waals surface area contributed by atoms with Crippen LogP contribution in [0.2, 0.25) is 0 Å². The molecule has 6 nitrogen and oxygen atoms in total. The zero-order chi connectivity index (χ0) is 19.2. The Morgan fingerprint density at radius 3 is 2.44 bits per heavy atom. The van der Waals surface area contributed by atoms with E-state index in [2.05, 4.69) is 20.8 Å². The number of nitrogens with one attached hydrogen (secondary N) is 2. The number of benzene rings is 2. The van der Waals surface area contributed by atoms with E-state index in [1.165, 1.54) is 28.7 Å². The third kappa shape index (κ3) is 5.29. The molecule has 2 aromatic carbocycles. The lowest BCUT2D eigenvalue weighted by Gasteiger charge is -2.10. The maximum absolute atomic E-state index is 12.3. The molecule has 3 aromatic rings. The smallest absolute Gasteiger partial charge is 0.237 e. The van der Waals surface area contributed by atoms with Gasteiger partial charge in [-0.2, -0.15) is 5.26 Å². The fraction of sp³-hybridized carbons (Fsp3) is 0.158. The van der Waals surface area contributed by atoms with Gasteiger partial charge in [-0.3, -0.25) is 4.79 Å². The van der Waals surface area contributed by atoms with Crippen LogP contribution >= 0.6 is 23.1 Å². The predicted molar refractivity (Wildman–Crippen MR) is 109 cm³/mol. The molecule has 1 atom stereocenters. The van der Waals surface area contributed by atoms with Gasteiger partial charge in [0.05, 0.1) is 16.9 Å². The van der Waals surface area contributed by atoms with Gasteiger partial charge in [0, 0.05) is 11.4 Å². The van der Waals surface area contributed by atoms with E-state index in [4.69, 9.17) is 5.26 Å². The van der Waals surface area contributed by atoms with E-state index in [0.29, 0.717) is 20.7 Å². The lowest BCUT2D eigenvalue weighted by atomic mass is 10.2. The van der Waals surface area contributed by atoms with Crippen LogP contribution in [0.15, 0.2) is 52.9 Å². The Hall–Kier alpha value is -2.89. The first-order valence-electron chi connectivity index (χ1n) is 8.18. The van der Waals surface area contributed by atoms with E-state index in [1.807, 2.05) is 44.2 Å². The normalized spacial score (nSPS) is 11.4. The number of nitriles is 1. The Kier molecular flexibility index (Phi) is 6.06. The number of amides is 1. The van der Waals surface area contributed by atoms with Crippen LogP contribution in [-0.2, 0) is 4.79 Å². The maximum Gasteiger partial charge on any atom is 0.237 e. The molecule has 1 heterocycles. The molecular formula is C19H17N5OS2. The molecule has 0 aliphatic carbocycles. The molecule has 0 unspecified atom stereocenters. The summed E-state index contributed by atoms with van der Waals surface area (Å²) in [7, 11) is 0. The van der Waals surface area contributed by atoms with Crippen LogP contribution in [0.4, 0.5) is 16.5 Å². The molecule has 0 bridgehead atoms. The van der Waals surface area contributed by atoms with E-state index in [9.17, 15) is 4.79 Å². The zero-order valence-electron chi connectivity index (χ0n) is 14.8. The number of hydrogen-bond acceptors (Lipinski definition) is 7. The molecule has 136 valence electrons. The van der Waals surface area contributed by atoms with Gasteiger partial charge in [0.15, 0.2) is 4.34 Å². The maximum atomic E-state index is 12.3. The van der Waals surface area contributed by atoms with Crippen molar-refractivity contribution in [1.29, 1.82) is 5.26 Å². The van der Waals surface area contributed by atoms with Crippen molar-refractivity contribution >= 4 is 45.5 Å². The van der Waals surface area contributed by atoms with Gasteiger partial charge in [-0.25, -0.2) is 0 Å². The van der Waals surface area contributed by atoms with E-state index in [1.54, 1.807) is 24.3 Å². The molecule has 27 heavy (non-hydrogen) atoms. The molecule has 0 aliphatic rings. The summed E-state index contributed by atoms with van der Waals surface area (Å²) < 4.78 is 0.715. The number of aryl methyl sites for hydroxylation is 1. The Morgan fingerprint density at radius 2 is 1.78 bits per heavy atom. The number of carbonyl (C=O) groups excluding carboxylic acids is 1. The van der Waals surface area contributed by atoms with Crippen molar-refractivity contribution in [3.05, 3.63) is 59.7 Å². The van der Waals surface area contributed by atoms with Gasteiger partial charge >= 0.3 is 0 Å². The molecule has 0 spiro atoms. The Labute approximate surface area is 165 Å². The summed E-state index contributed by atoms with van der Waals surface area (Å²) >= 11 is 2.76. The van der Waals surface area contributed by atoms with Crippen LogP contribution < -0.4 is 10.6 Å². The van der Waals surface area contributed by atoms with Gasteiger partial charge < -0.3 is 10.6 Å². The Bertz CT molecular complexity index is 961. The van der Waals surface area contributed by atoms with Crippen LogP contribution in [0.25, 0.3) is 0 Å². The van der Waals surface area contributed by atoms with Gasteiger partial charge in [-0.05, 0) is 50.2 Å². The van der Waals surface area contributed by atoms with Gasteiger partial charge in [0.1, 0.15) is 0 Å². The fourth-order valence-corrected chi connectivity index (χ4v) is 4.06. The molecule has 1 aromatic heterocycles. The SMILES string of the molecule is Cc1ccc(Nc2nnc(S[C@H](C)C(=O)Nc3ccc(C#N)cc3)s2)cc1. The minimum Gasteiger partial charge on any atom is -0.330 e. The molecule has 1 amide bonds. The minimum absolute atomic E-state index is 0.132. The molecule has 0 radical (unpaired) electrons. The van der Waals surface area contributed by atoms with Crippen LogP contribution in [0.5, 0.6) is 0 Å². The summed E-state index contributed by atoms with van der Waals surface area (Å²) in [5, 5.41) is 23.5. The molecule has 0 saturated heterocycles. The second-order valence-electron chi connectivity index (χ2n) is 5.80. The number of anilines is 3. The van der Waals surface area contributed by atoms with Gasteiger partial charge in [0.25, 0.3) is 0 Å². The Balaban J connectivity index is 1.56. The molecule has 0 saturated carbocycles. The van der Waals surface area contributed by atoms with Crippen molar-refractivity contribution in [2.45, 2.75) is 23.4 Å². The summed E-state index contributed by atoms with van der Waals surface area (Å²) in [6.45, 7) is 3.85. The topological polar surface area (TPSA) is 90.7 Å². The highest BCUT2D eigenvalue weighted by molar-refractivity contribution is 8.02. The van der Waals surface area contributed by atoms with Gasteiger partial charge in [-0.15, -0.1) is 10.2 Å². The van der Waals surface area contributed by atoms with Crippen molar-refractivity contribution in [2.24, 2.45) is 0 Å². The predicted octanol–water partition coefficient (Wildman–Crippen LogP) is 4.58. The number of hydrogen-bond donors (Lipinski definition) is 2. The first-order chi connectivity index (χ1) is 13.0. The summed E-state index contributed by atoms with van der Waals surface area (Å²) in [5.41, 5.74) is 3.35. The first kappa shape index (κ1) is 18.9. The highest BCUT2D eigenvalue weighted by Gasteiger charge is 2.17. The first-order valence-corrected chi connectivity index (χ1v) is 9.88. The second-order valence-corrected chi connectivity index (χ2v) is 8.37. The Morgan fingerprint density at radius 1 is 1.11 bits per heavy atom. The second kappa shape index (κ2) is 8.66. The molecule has 8 heteroatoms. The lowest BCUT2D eigenvalue weighted by Crippen LogP contribution is -2.22. The van der Waals surface area contributed by atoms with Crippen LogP contribution in [0, 0.1) is 18.3 Å². The minimum atomic E-state index is -0.333. The van der Waals surface area contributed by atoms with Crippen LogP contribution in [-0.4, -0.2) is 21.4 Å². The molecule has 0 aliphatic heterocycles. The number of aromatic nitrogens is 2. The van der Waals surface area contributed by atoms with Gasteiger partial charge in [0.2, 0.25) is 11.0 Å². The summed E-state index contributed by atoms with van der Waals surface area (Å²) in [6, 6.07) is 16.8. The van der Waals surface area contributed by atoms with Crippen LogP contribution in [0.3, 0.4) is 0 Å². The summed E-state index contributed by atoms with van der Waals surface area (Å²) in [6.07, 6.45) is 0. The highest BCUT2D eigenvalue weighted by Crippen LogP contribution is 2.30. The van der Waals surface area contributed by atoms with E-state index < -0.39 is 0 Å². The third-order valence-corrected chi connectivity index (χ3v) is 5.66. The lowest BCUT2D eigenvalue weighted by molar-refractivity contribution is -0.115. The van der Waals surface area contributed by atoms with E-state index in [-0.39, 0.29) is 11.2 Å². The van der Waals surface area contributed by atoms with Gasteiger partial charge in [-0.1, -0.05) is 40.8 Å². The quantitative estimate of drug-likeness (QED) is 0.594. The van der Waals surface area contributed by atoms with Crippen LogP contribution in [0.1, 0.15) is 18.1 Å². The largest absolute Gasteiger partial charge is 0.330 e. The van der Waals surface area contributed by atoms with E-state index in [0.717, 1.165) is 5.69 Å². The average molecular weight is 396 g/mol. The van der Waals surface area contributed by atoms with Crippen molar-refractivity contribution in [1.82, 2.24) is 10.2 Å². The molecular weight excluding hydrogens is 378 g/mol. The van der Waals surface area contributed by atoms with Crippen molar-refractivity contribution in [3.8, 4) is 6.07 Å². The highest BCUT2D eigenvalue weighted by atomic mass is 32.2. The number of nitrogens with zero attached hydrogens (tertiary/aromatic N) is 3. The van der Waals surface area contributed by atoms with Crippen molar-refractivity contribution in [2.75, 3.05) is 10.6 Å². The van der Waals surface area contributed by atoms with Crippen molar-refractivity contribution < 1.29 is 4.79 Å². The molecule has 2 N–H and O–H groups in total. The standard InChI is InChI=1S/C19H17N5OS2/c1-12-3-7-16(8-4-12)22-18-23-24-19(27-18)26-13(2)17(25)21-15-9-5-14(11-20)6-10-15/h3-10,13H,1-2H3,(H,21,25)(H,22,23)/t13-/m1/s1. The summed E-state index contributed by atoms with van der Waals surface area (Å²) in [4.78, 5) is 12.3.